The molecular weight excluding hydrogens is 332 g/mol. The smallest absolute Gasteiger partial charge is 0.248 e. The summed E-state index contributed by atoms with van der Waals surface area (Å²) in [6.07, 6.45) is 1.39. The third kappa shape index (κ3) is 3.94. The number of nitrogens with zero attached hydrogens (tertiary/aromatic N) is 2. The number of aromatic nitrogens is 2. The summed E-state index contributed by atoms with van der Waals surface area (Å²) in [7, 11) is 1.57. The highest BCUT2D eigenvalue weighted by molar-refractivity contribution is 5.72. The van der Waals surface area contributed by atoms with Crippen molar-refractivity contribution in [3.63, 3.8) is 0 Å². The first-order valence-electron chi connectivity index (χ1n) is 8.12. The van der Waals surface area contributed by atoms with E-state index in [1.807, 2.05) is 43.3 Å². The zero-order valence-electron chi connectivity index (χ0n) is 14.6. The number of nitrogens with one attached hydrogen (secondary N) is 1. The van der Waals surface area contributed by atoms with Gasteiger partial charge in [-0.15, -0.1) is 0 Å². The van der Waals surface area contributed by atoms with Crippen LogP contribution in [0.3, 0.4) is 0 Å². The Kier molecular flexibility index (Phi) is 5.38. The number of nitrogens with two attached hydrogens (primary N) is 1. The molecule has 0 bridgehead atoms. The van der Waals surface area contributed by atoms with Crippen molar-refractivity contribution in [2.75, 3.05) is 24.8 Å². The second-order valence-corrected chi connectivity index (χ2v) is 5.28. The van der Waals surface area contributed by atoms with Gasteiger partial charge in [-0.1, -0.05) is 12.1 Å². The molecule has 0 unspecified atom stereocenters. The second-order valence-electron chi connectivity index (χ2n) is 5.28. The van der Waals surface area contributed by atoms with Gasteiger partial charge in [-0.2, -0.15) is 4.98 Å². The lowest BCUT2D eigenvalue weighted by molar-refractivity contribution is 0.340. The van der Waals surface area contributed by atoms with E-state index in [4.69, 9.17) is 19.9 Å². The quantitative estimate of drug-likeness (QED) is 0.664. The maximum atomic E-state index is 6.17. The van der Waals surface area contributed by atoms with E-state index in [-0.39, 0.29) is 5.88 Å². The van der Waals surface area contributed by atoms with Crippen molar-refractivity contribution in [2.45, 2.75) is 6.92 Å². The minimum Gasteiger partial charge on any atom is -0.494 e. The molecule has 26 heavy (non-hydrogen) atoms. The Balaban J connectivity index is 1.80. The van der Waals surface area contributed by atoms with Crippen LogP contribution in [0.5, 0.6) is 23.1 Å². The molecule has 2 aromatic carbocycles. The Bertz CT molecular complexity index is 869. The maximum Gasteiger partial charge on any atom is 0.248 e. The fourth-order valence-corrected chi connectivity index (χ4v) is 2.31. The molecule has 0 aliphatic rings. The predicted molar refractivity (Wildman–Crippen MR) is 100 cm³/mol. The highest BCUT2D eigenvalue weighted by Crippen LogP contribution is 2.35. The van der Waals surface area contributed by atoms with Gasteiger partial charge in [0.25, 0.3) is 0 Å². The van der Waals surface area contributed by atoms with Crippen LogP contribution in [-0.4, -0.2) is 23.7 Å². The number of hydrogen-bond donors (Lipinski definition) is 2. The van der Waals surface area contributed by atoms with Gasteiger partial charge in [0.1, 0.15) is 17.8 Å². The Morgan fingerprint density at radius 2 is 1.73 bits per heavy atom. The molecule has 0 radical (unpaired) electrons. The standard InChI is InChI=1S/C19H20N4O3/c1-3-25-14-10-8-13(9-11-14)23-18-17(20)19(22-12-21-18)26-16-7-5-4-6-15(16)24-2/h4-12H,3,20H2,1-2H3,(H,21,22,23). The fourth-order valence-electron chi connectivity index (χ4n) is 2.31. The summed E-state index contributed by atoms with van der Waals surface area (Å²) in [4.78, 5) is 8.30. The van der Waals surface area contributed by atoms with Crippen molar-refractivity contribution < 1.29 is 14.2 Å². The van der Waals surface area contributed by atoms with Gasteiger partial charge in [-0.05, 0) is 43.3 Å². The molecule has 0 atom stereocenters. The highest BCUT2D eigenvalue weighted by Gasteiger charge is 2.13. The third-order valence-electron chi connectivity index (χ3n) is 3.55. The van der Waals surface area contributed by atoms with E-state index in [1.165, 1.54) is 6.33 Å². The number of ether oxygens (including phenoxy) is 3. The van der Waals surface area contributed by atoms with Crippen LogP contribution < -0.4 is 25.3 Å². The summed E-state index contributed by atoms with van der Waals surface area (Å²) in [6, 6.07) is 14.8. The van der Waals surface area contributed by atoms with E-state index >= 15 is 0 Å². The van der Waals surface area contributed by atoms with Gasteiger partial charge in [-0.3, -0.25) is 0 Å². The minimum absolute atomic E-state index is 0.248. The number of para-hydroxylation sites is 2. The van der Waals surface area contributed by atoms with E-state index in [0.717, 1.165) is 11.4 Å². The minimum atomic E-state index is 0.248. The van der Waals surface area contributed by atoms with Crippen LogP contribution in [0.25, 0.3) is 0 Å². The van der Waals surface area contributed by atoms with Crippen LogP contribution >= 0.6 is 0 Å². The van der Waals surface area contributed by atoms with E-state index in [1.54, 1.807) is 19.2 Å². The van der Waals surface area contributed by atoms with Gasteiger partial charge < -0.3 is 25.3 Å². The maximum absolute atomic E-state index is 6.17. The molecule has 3 aromatic rings. The Hall–Kier alpha value is -3.48. The molecular formula is C19H20N4O3. The Morgan fingerprint density at radius 1 is 1.00 bits per heavy atom. The zero-order valence-corrected chi connectivity index (χ0v) is 14.6. The number of benzene rings is 2. The first-order valence-corrected chi connectivity index (χ1v) is 8.12. The summed E-state index contributed by atoms with van der Waals surface area (Å²) in [6.45, 7) is 2.56. The summed E-state index contributed by atoms with van der Waals surface area (Å²) < 4.78 is 16.5. The third-order valence-corrected chi connectivity index (χ3v) is 3.55. The molecule has 1 heterocycles. The lowest BCUT2D eigenvalue weighted by Crippen LogP contribution is -2.03. The first kappa shape index (κ1) is 17.3. The van der Waals surface area contributed by atoms with Crippen LogP contribution in [0.4, 0.5) is 17.2 Å². The number of anilines is 3. The van der Waals surface area contributed by atoms with E-state index < -0.39 is 0 Å². The zero-order chi connectivity index (χ0) is 18.4. The highest BCUT2D eigenvalue weighted by atomic mass is 16.5. The molecule has 0 spiro atoms. The van der Waals surface area contributed by atoms with Crippen LogP contribution in [0, 0.1) is 0 Å². The number of nitrogen functional groups attached to an aromatic ring is 1. The molecule has 0 amide bonds. The molecule has 0 aliphatic carbocycles. The van der Waals surface area contributed by atoms with Gasteiger partial charge >= 0.3 is 0 Å². The van der Waals surface area contributed by atoms with Crippen molar-refractivity contribution >= 4 is 17.2 Å². The average molecular weight is 352 g/mol. The largest absolute Gasteiger partial charge is 0.494 e. The summed E-state index contributed by atoms with van der Waals surface area (Å²) in [5, 5.41) is 3.15. The van der Waals surface area contributed by atoms with E-state index in [2.05, 4.69) is 15.3 Å². The van der Waals surface area contributed by atoms with E-state index in [0.29, 0.717) is 29.6 Å². The van der Waals surface area contributed by atoms with E-state index in [9.17, 15) is 0 Å². The number of methoxy groups -OCH3 is 1. The number of hydrogen-bond acceptors (Lipinski definition) is 7. The summed E-state index contributed by atoms with van der Waals surface area (Å²) in [5.74, 6) is 2.61. The number of rotatable bonds is 7. The topological polar surface area (TPSA) is 91.5 Å². The molecule has 0 saturated carbocycles. The van der Waals surface area contributed by atoms with Gasteiger partial charge in [-0.25, -0.2) is 4.98 Å². The predicted octanol–water partition coefficient (Wildman–Crippen LogP) is 4.00. The normalized spacial score (nSPS) is 10.2. The van der Waals surface area contributed by atoms with Gasteiger partial charge in [0.05, 0.1) is 13.7 Å². The van der Waals surface area contributed by atoms with Crippen molar-refractivity contribution in [3.8, 4) is 23.1 Å². The first-order chi connectivity index (χ1) is 12.7. The molecule has 3 rings (SSSR count). The molecule has 3 N–H and O–H groups in total. The Labute approximate surface area is 151 Å². The second kappa shape index (κ2) is 8.06. The van der Waals surface area contributed by atoms with Gasteiger partial charge in [0.2, 0.25) is 5.88 Å². The monoisotopic (exact) mass is 352 g/mol. The molecule has 0 saturated heterocycles. The molecule has 0 fully saturated rings. The van der Waals surface area contributed by atoms with Crippen molar-refractivity contribution in [2.24, 2.45) is 0 Å². The van der Waals surface area contributed by atoms with Crippen LogP contribution in [0.15, 0.2) is 54.9 Å². The summed E-state index contributed by atoms with van der Waals surface area (Å²) >= 11 is 0. The molecule has 134 valence electrons. The lowest BCUT2D eigenvalue weighted by atomic mass is 10.3. The van der Waals surface area contributed by atoms with Crippen molar-refractivity contribution in [1.29, 1.82) is 0 Å². The van der Waals surface area contributed by atoms with Crippen molar-refractivity contribution in [3.05, 3.63) is 54.9 Å². The lowest BCUT2D eigenvalue weighted by Gasteiger charge is -2.13. The van der Waals surface area contributed by atoms with Gasteiger partial charge in [0, 0.05) is 5.69 Å². The van der Waals surface area contributed by atoms with Crippen LogP contribution in [0.1, 0.15) is 6.92 Å². The van der Waals surface area contributed by atoms with Gasteiger partial charge in [0.15, 0.2) is 17.3 Å². The SMILES string of the molecule is CCOc1ccc(Nc2ncnc(Oc3ccccc3OC)c2N)cc1. The Morgan fingerprint density at radius 3 is 2.42 bits per heavy atom. The molecule has 0 aliphatic heterocycles. The van der Waals surface area contributed by atoms with Crippen molar-refractivity contribution in [1.82, 2.24) is 9.97 Å². The average Bonchev–Trinajstić information content (AvgIpc) is 2.67. The van der Waals surface area contributed by atoms with Crippen LogP contribution in [0.2, 0.25) is 0 Å². The molecule has 7 heteroatoms. The fraction of sp³-hybridized carbons (Fsp3) is 0.158. The summed E-state index contributed by atoms with van der Waals surface area (Å²) in [5.41, 5.74) is 7.29. The molecule has 7 nitrogen and oxygen atoms in total. The molecule has 1 aromatic heterocycles. The van der Waals surface area contributed by atoms with Crippen LogP contribution in [-0.2, 0) is 0 Å².